The van der Waals surface area contributed by atoms with Gasteiger partial charge in [-0.05, 0) is 36.8 Å². The molecular weight excluding hydrogens is 282 g/mol. The topological polar surface area (TPSA) is 70.9 Å². The molecule has 3 rings (SSSR count). The third-order valence-corrected chi connectivity index (χ3v) is 5.43. The van der Waals surface area contributed by atoms with Gasteiger partial charge in [0.05, 0.1) is 5.56 Å². The summed E-state index contributed by atoms with van der Waals surface area (Å²) in [5.74, 6) is 1.10. The molecule has 2 unspecified atom stereocenters. The van der Waals surface area contributed by atoms with Gasteiger partial charge in [0, 0.05) is 34.1 Å². The van der Waals surface area contributed by atoms with Gasteiger partial charge in [0.25, 0.3) is 5.91 Å². The van der Waals surface area contributed by atoms with Crippen LogP contribution in [0.3, 0.4) is 0 Å². The summed E-state index contributed by atoms with van der Waals surface area (Å²) in [6.45, 7) is 2.17. The molecule has 2 aromatic rings. The van der Waals surface area contributed by atoms with Gasteiger partial charge in [-0.15, -0.1) is 0 Å². The van der Waals surface area contributed by atoms with Gasteiger partial charge in [-0.2, -0.15) is 11.8 Å². The number of benzene rings is 1. The molecule has 5 heteroatoms. The molecule has 0 saturated heterocycles. The maximum Gasteiger partial charge on any atom is 0.253 e. The number of nitrogens with one attached hydrogen (secondary N) is 2. The minimum atomic E-state index is 0.000420. The Hall–Kier alpha value is -1.62. The normalized spacial score (nSPS) is 21.8. The lowest BCUT2D eigenvalue weighted by Gasteiger charge is -2.20. The molecular formula is C16H21N3OS. The van der Waals surface area contributed by atoms with Crippen molar-refractivity contribution >= 4 is 34.3 Å². The average Bonchev–Trinajstić information content (AvgIpc) is 3.06. The van der Waals surface area contributed by atoms with Crippen LogP contribution in [-0.4, -0.2) is 27.9 Å². The summed E-state index contributed by atoms with van der Waals surface area (Å²) in [5, 5.41) is 4.65. The quantitative estimate of drug-likeness (QED) is 0.760. The van der Waals surface area contributed by atoms with E-state index in [1.165, 1.54) is 12.8 Å². The van der Waals surface area contributed by atoms with Crippen LogP contribution >= 0.6 is 11.8 Å². The SMILES string of the molecule is CCSC1CCCC1NC(=O)c1c[nH]c2ccc(N)cc12. The van der Waals surface area contributed by atoms with Crippen LogP contribution in [0.25, 0.3) is 10.9 Å². The van der Waals surface area contributed by atoms with Crippen molar-refractivity contribution in [3.05, 3.63) is 30.0 Å². The molecule has 4 N–H and O–H groups in total. The lowest BCUT2D eigenvalue weighted by atomic mass is 10.1. The highest BCUT2D eigenvalue weighted by atomic mass is 32.2. The molecule has 0 spiro atoms. The molecule has 0 bridgehead atoms. The lowest BCUT2D eigenvalue weighted by Crippen LogP contribution is -2.38. The predicted molar refractivity (Wildman–Crippen MR) is 89.7 cm³/mol. The van der Waals surface area contributed by atoms with Crippen LogP contribution in [0, 0.1) is 0 Å². The smallest absolute Gasteiger partial charge is 0.253 e. The number of aromatic amines is 1. The number of H-pyrrole nitrogens is 1. The number of anilines is 1. The molecule has 21 heavy (non-hydrogen) atoms. The number of carbonyl (C=O) groups excluding carboxylic acids is 1. The molecule has 1 amide bonds. The van der Waals surface area contributed by atoms with Crippen molar-refractivity contribution in [2.75, 3.05) is 11.5 Å². The van der Waals surface area contributed by atoms with Crippen LogP contribution < -0.4 is 11.1 Å². The van der Waals surface area contributed by atoms with Gasteiger partial charge in [-0.25, -0.2) is 0 Å². The number of fused-ring (bicyclic) bond motifs is 1. The summed E-state index contributed by atoms with van der Waals surface area (Å²) in [6.07, 6.45) is 5.25. The van der Waals surface area contributed by atoms with E-state index in [0.29, 0.717) is 16.5 Å². The molecule has 1 aliphatic carbocycles. The van der Waals surface area contributed by atoms with Crippen molar-refractivity contribution in [1.82, 2.24) is 10.3 Å². The Labute approximate surface area is 128 Å². The zero-order valence-corrected chi connectivity index (χ0v) is 13.0. The maximum atomic E-state index is 12.6. The van der Waals surface area contributed by atoms with Gasteiger partial charge in [0.2, 0.25) is 0 Å². The van der Waals surface area contributed by atoms with Gasteiger partial charge in [-0.3, -0.25) is 4.79 Å². The molecule has 1 saturated carbocycles. The predicted octanol–water partition coefficient (Wildman–Crippen LogP) is 3.15. The summed E-state index contributed by atoms with van der Waals surface area (Å²) in [5.41, 5.74) is 8.13. The van der Waals surface area contributed by atoms with Gasteiger partial charge in [0.1, 0.15) is 0 Å². The Balaban J connectivity index is 1.79. The number of thioether (sulfide) groups is 1. The molecule has 112 valence electrons. The number of hydrogen-bond donors (Lipinski definition) is 3. The molecule has 2 atom stereocenters. The van der Waals surface area contributed by atoms with E-state index in [1.807, 2.05) is 30.0 Å². The Morgan fingerprint density at radius 2 is 2.33 bits per heavy atom. The van der Waals surface area contributed by atoms with Gasteiger partial charge in [-0.1, -0.05) is 13.3 Å². The first-order chi connectivity index (χ1) is 10.2. The number of carbonyl (C=O) groups is 1. The Morgan fingerprint density at radius 3 is 3.14 bits per heavy atom. The van der Waals surface area contributed by atoms with E-state index in [4.69, 9.17) is 5.73 Å². The van der Waals surface area contributed by atoms with Crippen molar-refractivity contribution in [3.63, 3.8) is 0 Å². The monoisotopic (exact) mass is 303 g/mol. The van der Waals surface area contributed by atoms with E-state index in [2.05, 4.69) is 17.2 Å². The number of rotatable bonds is 4. The van der Waals surface area contributed by atoms with Crippen LogP contribution in [0.5, 0.6) is 0 Å². The van der Waals surface area contributed by atoms with E-state index in [0.717, 1.165) is 23.1 Å². The van der Waals surface area contributed by atoms with Gasteiger partial charge in [0.15, 0.2) is 0 Å². The number of amides is 1. The zero-order valence-electron chi connectivity index (χ0n) is 12.2. The van der Waals surface area contributed by atoms with Crippen LogP contribution in [-0.2, 0) is 0 Å². The van der Waals surface area contributed by atoms with Crippen molar-refractivity contribution in [3.8, 4) is 0 Å². The number of nitrogens with two attached hydrogens (primary N) is 1. The summed E-state index contributed by atoms with van der Waals surface area (Å²) in [7, 11) is 0. The third kappa shape index (κ3) is 2.88. The van der Waals surface area contributed by atoms with Crippen molar-refractivity contribution in [2.24, 2.45) is 0 Å². The molecule has 1 heterocycles. The summed E-state index contributed by atoms with van der Waals surface area (Å²) >= 11 is 1.95. The molecule has 1 fully saturated rings. The van der Waals surface area contributed by atoms with E-state index in [9.17, 15) is 4.79 Å². The van der Waals surface area contributed by atoms with Crippen LogP contribution in [0.1, 0.15) is 36.5 Å². The molecule has 0 radical (unpaired) electrons. The van der Waals surface area contributed by atoms with E-state index < -0.39 is 0 Å². The zero-order chi connectivity index (χ0) is 14.8. The fraction of sp³-hybridized carbons (Fsp3) is 0.438. The largest absolute Gasteiger partial charge is 0.399 e. The number of nitrogen functional groups attached to an aromatic ring is 1. The maximum absolute atomic E-state index is 12.6. The first kappa shape index (κ1) is 14.3. The van der Waals surface area contributed by atoms with Crippen molar-refractivity contribution in [1.29, 1.82) is 0 Å². The van der Waals surface area contributed by atoms with Crippen LogP contribution in [0.4, 0.5) is 5.69 Å². The second-order valence-electron chi connectivity index (χ2n) is 5.51. The Kier molecular flexibility index (Phi) is 4.10. The highest BCUT2D eigenvalue weighted by molar-refractivity contribution is 7.99. The van der Waals surface area contributed by atoms with Crippen LogP contribution in [0.15, 0.2) is 24.4 Å². The highest BCUT2D eigenvalue weighted by Crippen LogP contribution is 2.30. The number of aromatic nitrogens is 1. The van der Waals surface area contributed by atoms with E-state index >= 15 is 0 Å². The molecule has 1 aromatic carbocycles. The first-order valence-corrected chi connectivity index (χ1v) is 8.53. The molecule has 4 nitrogen and oxygen atoms in total. The summed E-state index contributed by atoms with van der Waals surface area (Å²) in [6, 6.07) is 5.89. The third-order valence-electron chi connectivity index (χ3n) is 4.10. The van der Waals surface area contributed by atoms with E-state index in [-0.39, 0.29) is 11.9 Å². The lowest BCUT2D eigenvalue weighted by molar-refractivity contribution is 0.0940. The minimum absolute atomic E-state index is 0.000420. The molecule has 1 aliphatic rings. The average molecular weight is 303 g/mol. The van der Waals surface area contributed by atoms with Crippen molar-refractivity contribution in [2.45, 2.75) is 37.5 Å². The Bertz CT molecular complexity index is 652. The van der Waals surface area contributed by atoms with Gasteiger partial charge >= 0.3 is 0 Å². The summed E-state index contributed by atoms with van der Waals surface area (Å²) in [4.78, 5) is 15.7. The van der Waals surface area contributed by atoms with Gasteiger partial charge < -0.3 is 16.0 Å². The highest BCUT2D eigenvalue weighted by Gasteiger charge is 2.29. The molecule has 1 aromatic heterocycles. The van der Waals surface area contributed by atoms with Crippen LogP contribution in [0.2, 0.25) is 0 Å². The number of hydrogen-bond acceptors (Lipinski definition) is 3. The standard InChI is InChI=1S/C16H21N3OS/c1-2-21-15-5-3-4-14(15)19-16(20)12-9-18-13-7-6-10(17)8-11(12)13/h6-9,14-15,18H,2-5,17H2,1H3,(H,19,20). The summed E-state index contributed by atoms with van der Waals surface area (Å²) < 4.78 is 0. The van der Waals surface area contributed by atoms with E-state index in [1.54, 1.807) is 6.20 Å². The first-order valence-electron chi connectivity index (χ1n) is 7.48. The second-order valence-corrected chi connectivity index (χ2v) is 7.03. The molecule has 0 aliphatic heterocycles. The second kappa shape index (κ2) is 6.02. The fourth-order valence-electron chi connectivity index (χ4n) is 3.08. The fourth-order valence-corrected chi connectivity index (χ4v) is 4.27. The minimum Gasteiger partial charge on any atom is -0.399 e. The Morgan fingerprint density at radius 1 is 1.48 bits per heavy atom. The van der Waals surface area contributed by atoms with Crippen molar-refractivity contribution < 1.29 is 4.79 Å².